The molecule has 3 heterocycles. The first kappa shape index (κ1) is 7.44. The summed E-state index contributed by atoms with van der Waals surface area (Å²) in [5.74, 6) is 0. The average Bonchev–Trinajstić information content (AvgIpc) is 2.54. The van der Waals surface area contributed by atoms with Gasteiger partial charge in [-0.2, -0.15) is 10.2 Å². The third-order valence-corrected chi connectivity index (χ3v) is 2.19. The summed E-state index contributed by atoms with van der Waals surface area (Å²) in [6, 6.07) is 3.95. The Kier molecular flexibility index (Phi) is 1.33. The Bertz CT molecular complexity index is 615. The van der Waals surface area contributed by atoms with Crippen LogP contribution in [0.2, 0.25) is 0 Å². The summed E-state index contributed by atoms with van der Waals surface area (Å²) < 4.78 is 5.52. The van der Waals surface area contributed by atoms with Crippen molar-refractivity contribution in [1.29, 1.82) is 0 Å². The lowest BCUT2D eigenvalue weighted by atomic mass is 10.2. The van der Waals surface area contributed by atoms with Crippen molar-refractivity contribution >= 4 is 22.1 Å². The van der Waals surface area contributed by atoms with E-state index in [1.165, 1.54) is 0 Å². The van der Waals surface area contributed by atoms with Crippen LogP contribution in [0.4, 0.5) is 0 Å². The topological polar surface area (TPSA) is 51.8 Å². The van der Waals surface area contributed by atoms with Crippen molar-refractivity contribution < 1.29 is 4.42 Å². The number of rotatable bonds is 0. The first-order valence-corrected chi connectivity index (χ1v) is 4.31. The molecule has 0 aliphatic carbocycles. The molecular weight excluding hydrogens is 178 g/mol. The van der Waals surface area contributed by atoms with Crippen LogP contribution in [0.1, 0.15) is 5.69 Å². The van der Waals surface area contributed by atoms with Crippen molar-refractivity contribution in [1.82, 2.24) is 15.2 Å². The number of hydrogen-bond acceptors (Lipinski definition) is 4. The molecule has 4 heteroatoms. The molecule has 0 amide bonds. The minimum absolute atomic E-state index is 0.648. The van der Waals surface area contributed by atoms with E-state index >= 15 is 0 Å². The van der Waals surface area contributed by atoms with Crippen LogP contribution in [0.15, 0.2) is 28.9 Å². The minimum Gasteiger partial charge on any atom is -0.436 e. The summed E-state index contributed by atoms with van der Waals surface area (Å²) in [6.45, 7) is 1.93. The molecule has 3 aromatic rings. The number of fused-ring (bicyclic) bond motifs is 3. The summed E-state index contributed by atoms with van der Waals surface area (Å²) in [4.78, 5) is 4.29. The van der Waals surface area contributed by atoms with Gasteiger partial charge in [-0.1, -0.05) is 0 Å². The average molecular weight is 185 g/mol. The highest BCUT2D eigenvalue weighted by atomic mass is 16.3. The largest absolute Gasteiger partial charge is 0.436 e. The molecule has 0 spiro atoms. The van der Waals surface area contributed by atoms with Gasteiger partial charge in [0, 0.05) is 11.1 Å². The molecule has 3 rings (SSSR count). The molecule has 0 aliphatic rings. The van der Waals surface area contributed by atoms with Gasteiger partial charge in [0.15, 0.2) is 5.58 Å². The Labute approximate surface area is 79.6 Å². The highest BCUT2D eigenvalue weighted by molar-refractivity contribution is 6.02. The summed E-state index contributed by atoms with van der Waals surface area (Å²) in [5.41, 5.74) is 2.32. The highest BCUT2D eigenvalue weighted by Gasteiger charge is 2.07. The van der Waals surface area contributed by atoms with Crippen LogP contribution in [0.25, 0.3) is 22.1 Å². The molecule has 0 aromatic carbocycles. The fraction of sp³-hybridized carbons (Fsp3) is 0.100. The third kappa shape index (κ3) is 0.907. The van der Waals surface area contributed by atoms with E-state index in [-0.39, 0.29) is 0 Å². The molecule has 0 saturated heterocycles. The molecule has 0 N–H and O–H groups in total. The van der Waals surface area contributed by atoms with Crippen LogP contribution in [-0.4, -0.2) is 15.2 Å². The van der Waals surface area contributed by atoms with Crippen molar-refractivity contribution in [2.75, 3.05) is 0 Å². The van der Waals surface area contributed by atoms with Crippen molar-refractivity contribution in [3.05, 3.63) is 30.2 Å². The molecule has 14 heavy (non-hydrogen) atoms. The maximum Gasteiger partial charge on any atom is 0.227 e. The molecule has 4 nitrogen and oxygen atoms in total. The zero-order valence-electron chi connectivity index (χ0n) is 7.56. The number of pyridine rings is 1. The monoisotopic (exact) mass is 185 g/mol. The Balaban J connectivity index is 2.57. The van der Waals surface area contributed by atoms with Gasteiger partial charge in [0.1, 0.15) is 0 Å². The molecule has 0 saturated carbocycles. The first-order valence-electron chi connectivity index (χ1n) is 4.31. The second-order valence-corrected chi connectivity index (χ2v) is 3.17. The fourth-order valence-corrected chi connectivity index (χ4v) is 1.51. The first-order chi connectivity index (χ1) is 6.84. The van der Waals surface area contributed by atoms with Gasteiger partial charge in [-0.25, -0.2) is 4.98 Å². The van der Waals surface area contributed by atoms with Crippen LogP contribution in [0.5, 0.6) is 0 Å². The lowest BCUT2D eigenvalue weighted by Gasteiger charge is -1.89. The summed E-state index contributed by atoms with van der Waals surface area (Å²) in [7, 11) is 0. The summed E-state index contributed by atoms with van der Waals surface area (Å²) in [5, 5.41) is 9.53. The number of hydrogen-bond donors (Lipinski definition) is 0. The van der Waals surface area contributed by atoms with E-state index in [1.807, 2.05) is 19.1 Å². The van der Waals surface area contributed by atoms with Gasteiger partial charge in [0.2, 0.25) is 5.71 Å². The van der Waals surface area contributed by atoms with Gasteiger partial charge in [-0.05, 0) is 19.1 Å². The smallest absolute Gasteiger partial charge is 0.227 e. The Morgan fingerprint density at radius 1 is 1.07 bits per heavy atom. The molecule has 0 fully saturated rings. The van der Waals surface area contributed by atoms with E-state index in [2.05, 4.69) is 15.2 Å². The quantitative estimate of drug-likeness (QED) is 0.538. The predicted molar refractivity (Wildman–Crippen MR) is 51.8 cm³/mol. The SMILES string of the molecule is Cc1ccc2c(n1)oc1cnncc12. The number of aryl methyl sites for hydroxylation is 1. The molecular formula is C10H7N3O. The van der Waals surface area contributed by atoms with E-state index in [4.69, 9.17) is 4.42 Å². The lowest BCUT2D eigenvalue weighted by Crippen LogP contribution is -1.78. The predicted octanol–water partition coefficient (Wildman–Crippen LogP) is 2.08. The summed E-state index contributed by atoms with van der Waals surface area (Å²) in [6.07, 6.45) is 3.30. The van der Waals surface area contributed by atoms with Crippen molar-refractivity contribution in [2.45, 2.75) is 6.92 Å². The second kappa shape index (κ2) is 2.51. The standard InChI is InChI=1S/C10H7N3O/c1-6-2-3-7-8-4-11-12-5-9(8)14-10(7)13-6/h2-5H,1H3. The van der Waals surface area contributed by atoms with E-state index in [0.29, 0.717) is 5.71 Å². The van der Waals surface area contributed by atoms with Crippen molar-refractivity contribution in [2.24, 2.45) is 0 Å². The van der Waals surface area contributed by atoms with Crippen LogP contribution in [0, 0.1) is 6.92 Å². The minimum atomic E-state index is 0.648. The van der Waals surface area contributed by atoms with E-state index in [9.17, 15) is 0 Å². The molecule has 0 unspecified atom stereocenters. The normalized spacial score (nSPS) is 11.2. The maximum atomic E-state index is 5.52. The lowest BCUT2D eigenvalue weighted by molar-refractivity contribution is 0.649. The molecule has 3 aromatic heterocycles. The van der Waals surface area contributed by atoms with Crippen LogP contribution in [-0.2, 0) is 0 Å². The number of furan rings is 1. The van der Waals surface area contributed by atoms with Gasteiger partial charge in [0.25, 0.3) is 0 Å². The van der Waals surface area contributed by atoms with Crippen LogP contribution in [0.3, 0.4) is 0 Å². The highest BCUT2D eigenvalue weighted by Crippen LogP contribution is 2.25. The summed E-state index contributed by atoms with van der Waals surface area (Å²) >= 11 is 0. The number of aromatic nitrogens is 3. The van der Waals surface area contributed by atoms with Gasteiger partial charge in [-0.15, -0.1) is 0 Å². The third-order valence-electron chi connectivity index (χ3n) is 2.19. The Hall–Kier alpha value is -1.97. The fourth-order valence-electron chi connectivity index (χ4n) is 1.51. The number of nitrogens with zero attached hydrogens (tertiary/aromatic N) is 3. The van der Waals surface area contributed by atoms with E-state index in [1.54, 1.807) is 12.4 Å². The Morgan fingerprint density at radius 3 is 2.86 bits per heavy atom. The molecule has 68 valence electrons. The maximum absolute atomic E-state index is 5.52. The zero-order chi connectivity index (χ0) is 9.54. The molecule has 0 aliphatic heterocycles. The van der Waals surface area contributed by atoms with Gasteiger partial charge in [0.05, 0.1) is 17.8 Å². The van der Waals surface area contributed by atoms with Gasteiger partial charge in [-0.3, -0.25) is 0 Å². The van der Waals surface area contributed by atoms with Crippen LogP contribution >= 0.6 is 0 Å². The second-order valence-electron chi connectivity index (χ2n) is 3.17. The van der Waals surface area contributed by atoms with Crippen LogP contribution < -0.4 is 0 Å². The zero-order valence-corrected chi connectivity index (χ0v) is 7.56. The van der Waals surface area contributed by atoms with Gasteiger partial charge < -0.3 is 4.42 Å². The van der Waals surface area contributed by atoms with E-state index in [0.717, 1.165) is 22.0 Å². The van der Waals surface area contributed by atoms with Crippen molar-refractivity contribution in [3.63, 3.8) is 0 Å². The molecule has 0 radical (unpaired) electrons. The van der Waals surface area contributed by atoms with Gasteiger partial charge >= 0.3 is 0 Å². The Morgan fingerprint density at radius 2 is 1.93 bits per heavy atom. The molecule has 0 bridgehead atoms. The van der Waals surface area contributed by atoms with Crippen molar-refractivity contribution in [3.8, 4) is 0 Å². The molecule has 0 atom stereocenters. The van der Waals surface area contributed by atoms with E-state index < -0.39 is 0 Å².